The Morgan fingerprint density at radius 2 is 1.86 bits per heavy atom. The maximum Gasteiger partial charge on any atom is 0.224 e. The lowest BCUT2D eigenvalue weighted by Crippen LogP contribution is -2.11. The Morgan fingerprint density at radius 1 is 1.18 bits per heavy atom. The molecule has 6 heteroatoms. The van der Waals surface area contributed by atoms with Gasteiger partial charge < -0.3 is 18.5 Å². The van der Waals surface area contributed by atoms with Crippen LogP contribution in [-0.4, -0.2) is 5.91 Å². The van der Waals surface area contributed by atoms with Gasteiger partial charge in [0.25, 0.3) is 0 Å². The summed E-state index contributed by atoms with van der Waals surface area (Å²) in [6.07, 6.45) is 8.74. The van der Waals surface area contributed by atoms with Gasteiger partial charge in [-0.3, -0.25) is 4.79 Å². The molecule has 22 heavy (non-hydrogen) atoms. The maximum atomic E-state index is 11.8. The third-order valence-corrected chi connectivity index (χ3v) is 3.64. The van der Waals surface area contributed by atoms with Crippen LogP contribution >= 0.6 is 0 Å². The van der Waals surface area contributed by atoms with E-state index in [1.807, 2.05) is 0 Å². The second kappa shape index (κ2) is 11.1. The first-order valence-electron chi connectivity index (χ1n) is 7.83. The summed E-state index contributed by atoms with van der Waals surface area (Å²) in [6.45, 7) is 2.20. The highest BCUT2D eigenvalue weighted by molar-refractivity contribution is 7.68. The lowest BCUT2D eigenvalue weighted by atomic mass is 10.1. The van der Waals surface area contributed by atoms with E-state index in [0.717, 1.165) is 12.8 Å². The van der Waals surface area contributed by atoms with E-state index in [4.69, 9.17) is 8.96 Å². The molecule has 0 aromatic heterocycles. The Morgan fingerprint density at radius 3 is 2.55 bits per heavy atom. The molecule has 0 saturated carbocycles. The van der Waals surface area contributed by atoms with Gasteiger partial charge in [0.2, 0.25) is 5.91 Å². The van der Waals surface area contributed by atoms with Crippen LogP contribution in [0.5, 0.6) is 5.75 Å². The molecule has 0 aliphatic heterocycles. The van der Waals surface area contributed by atoms with Gasteiger partial charge in [-0.2, -0.15) is 0 Å². The number of amides is 1. The zero-order valence-electron chi connectivity index (χ0n) is 13.1. The zero-order chi connectivity index (χ0) is 16.2. The Bertz CT molecular complexity index is 522. The molecule has 1 aromatic rings. The molecule has 5 nitrogen and oxygen atoms in total. The predicted octanol–water partition coefficient (Wildman–Crippen LogP) is 4.79. The molecule has 2 N–H and O–H groups in total. The zero-order valence-corrected chi connectivity index (χ0v) is 13.9. The second-order valence-corrected chi connectivity index (χ2v) is 5.90. The van der Waals surface area contributed by atoms with E-state index in [1.54, 1.807) is 24.3 Å². The molecule has 0 radical (unpaired) electrons. The van der Waals surface area contributed by atoms with Crippen LogP contribution in [0.3, 0.4) is 0 Å². The van der Waals surface area contributed by atoms with Crippen molar-refractivity contribution >= 4 is 22.5 Å². The maximum absolute atomic E-state index is 11.8. The van der Waals surface area contributed by atoms with Gasteiger partial charge in [-0.05, 0) is 29.4 Å². The molecule has 124 valence electrons. The van der Waals surface area contributed by atoms with Gasteiger partial charge in [0.05, 0.1) is 0 Å². The fourth-order valence-corrected chi connectivity index (χ4v) is 2.46. The molecular weight excluding hydrogens is 300 g/mol. The number of benzene rings is 1. The molecule has 1 aromatic carbocycles. The largest absolute Gasteiger partial charge is 0.546 e. The van der Waals surface area contributed by atoms with Gasteiger partial charge in [0.1, 0.15) is 5.75 Å². The molecular formula is C16H25N2O3S-. The highest BCUT2D eigenvalue weighted by Gasteiger charge is 2.03. The van der Waals surface area contributed by atoms with Crippen LogP contribution < -0.4 is 9.50 Å². The van der Waals surface area contributed by atoms with Crippen LogP contribution in [0.25, 0.3) is 0 Å². The van der Waals surface area contributed by atoms with Crippen molar-refractivity contribution in [2.45, 2.75) is 58.3 Å². The molecule has 0 heterocycles. The van der Waals surface area contributed by atoms with E-state index in [0.29, 0.717) is 17.9 Å². The standard InChI is InChI=1S/C16H25N2O3S/c1-2-3-4-5-6-7-8-12-16(19)18-14-10-9-11-15(13-14)21-22(17)20/h9-11,13,17H,2-8,12H2,1H3,(H,18,19)/q-1. The van der Waals surface area contributed by atoms with Crippen molar-refractivity contribution < 1.29 is 13.2 Å². The molecule has 0 atom stereocenters. The van der Waals surface area contributed by atoms with Crippen LogP contribution in [0.4, 0.5) is 5.69 Å². The minimum absolute atomic E-state index is 0.0299. The number of nitrogens with one attached hydrogen (secondary N) is 2. The van der Waals surface area contributed by atoms with E-state index in [-0.39, 0.29) is 5.91 Å². The van der Waals surface area contributed by atoms with Crippen LogP contribution in [0.1, 0.15) is 58.3 Å². The summed E-state index contributed by atoms with van der Waals surface area (Å²) in [7, 11) is -2.11. The lowest BCUT2D eigenvalue weighted by Gasteiger charge is -2.10. The first-order valence-corrected chi connectivity index (χ1v) is 8.90. The van der Waals surface area contributed by atoms with Gasteiger partial charge in [-0.15, -0.1) is 0 Å². The highest BCUT2D eigenvalue weighted by atomic mass is 32.2. The van der Waals surface area contributed by atoms with Gasteiger partial charge in [0, 0.05) is 18.2 Å². The van der Waals surface area contributed by atoms with Crippen molar-refractivity contribution in [3.05, 3.63) is 24.3 Å². The Labute approximate surface area is 134 Å². The summed E-state index contributed by atoms with van der Waals surface area (Å²) in [4.78, 5) is 11.8. The normalized spacial score (nSPS) is 10.6. The van der Waals surface area contributed by atoms with E-state index in [1.165, 1.54) is 32.1 Å². The molecule has 0 aliphatic rings. The number of hydrogen-bond donors (Lipinski definition) is 2. The molecule has 0 saturated heterocycles. The Balaban J connectivity index is 2.24. The SMILES string of the molecule is CCCCCCCCCC(=O)Nc1cccc(O[S-](=N)=O)c1. The number of anilines is 1. The molecule has 0 unspecified atom stereocenters. The van der Waals surface area contributed by atoms with Crippen LogP contribution in [0.15, 0.2) is 24.3 Å². The summed E-state index contributed by atoms with van der Waals surface area (Å²) in [6, 6.07) is 6.58. The number of unbranched alkanes of at least 4 members (excludes halogenated alkanes) is 6. The topological polar surface area (TPSA) is 79.2 Å². The number of rotatable bonds is 11. The van der Waals surface area contributed by atoms with Crippen molar-refractivity contribution in [2.24, 2.45) is 0 Å². The fourth-order valence-electron chi connectivity index (χ4n) is 2.18. The van der Waals surface area contributed by atoms with Crippen molar-refractivity contribution in [2.75, 3.05) is 5.32 Å². The van der Waals surface area contributed by atoms with Crippen LogP contribution in [0.2, 0.25) is 0 Å². The minimum Gasteiger partial charge on any atom is -0.546 e. The number of carbonyl (C=O) groups excluding carboxylic acids is 1. The summed E-state index contributed by atoms with van der Waals surface area (Å²) in [5.41, 5.74) is 0.593. The van der Waals surface area contributed by atoms with E-state index >= 15 is 0 Å². The van der Waals surface area contributed by atoms with Crippen molar-refractivity contribution in [1.82, 2.24) is 0 Å². The number of carbonyl (C=O) groups is 1. The predicted molar refractivity (Wildman–Crippen MR) is 89.1 cm³/mol. The van der Waals surface area contributed by atoms with E-state index in [9.17, 15) is 9.00 Å². The van der Waals surface area contributed by atoms with Gasteiger partial charge in [-0.25, -0.2) is 0 Å². The Hall–Kier alpha value is -1.56. The van der Waals surface area contributed by atoms with Gasteiger partial charge >= 0.3 is 0 Å². The third-order valence-electron chi connectivity index (χ3n) is 3.30. The van der Waals surface area contributed by atoms with Crippen LogP contribution in [-0.2, 0) is 19.9 Å². The molecule has 0 fully saturated rings. The first kappa shape index (κ1) is 18.5. The van der Waals surface area contributed by atoms with Gasteiger partial charge in [0.15, 0.2) is 0 Å². The molecule has 1 rings (SSSR count). The molecule has 1 amide bonds. The molecule has 0 aliphatic carbocycles. The third kappa shape index (κ3) is 8.67. The Kier molecular flexibility index (Phi) is 9.30. The minimum atomic E-state index is -2.11. The second-order valence-electron chi connectivity index (χ2n) is 5.27. The van der Waals surface area contributed by atoms with Crippen molar-refractivity contribution in [1.29, 1.82) is 4.78 Å². The summed E-state index contributed by atoms with van der Waals surface area (Å²) in [5.74, 6) is 0.278. The average Bonchev–Trinajstić information content (AvgIpc) is 2.46. The fraction of sp³-hybridized carbons (Fsp3) is 0.562. The summed E-state index contributed by atoms with van der Waals surface area (Å²) in [5, 5.41) is 2.79. The summed E-state index contributed by atoms with van der Waals surface area (Å²) < 4.78 is 22.3. The first-order chi connectivity index (χ1) is 10.6. The lowest BCUT2D eigenvalue weighted by molar-refractivity contribution is -0.116. The quantitative estimate of drug-likeness (QED) is 0.453. The molecule has 0 spiro atoms. The summed E-state index contributed by atoms with van der Waals surface area (Å²) >= 11 is 0. The van der Waals surface area contributed by atoms with Crippen molar-refractivity contribution in [3.8, 4) is 5.75 Å². The molecule has 0 bridgehead atoms. The smallest absolute Gasteiger partial charge is 0.224 e. The number of hydrogen-bond acceptors (Lipinski definition) is 5. The van der Waals surface area contributed by atoms with E-state index in [2.05, 4.69) is 12.2 Å². The van der Waals surface area contributed by atoms with Crippen molar-refractivity contribution in [3.63, 3.8) is 0 Å². The van der Waals surface area contributed by atoms with Gasteiger partial charge in [-0.1, -0.05) is 51.5 Å². The average molecular weight is 325 g/mol. The van der Waals surface area contributed by atoms with Crippen LogP contribution in [0, 0.1) is 4.78 Å². The highest BCUT2D eigenvalue weighted by Crippen LogP contribution is 2.18. The monoisotopic (exact) mass is 325 g/mol. The van der Waals surface area contributed by atoms with E-state index < -0.39 is 10.9 Å².